The van der Waals surface area contributed by atoms with Gasteiger partial charge in [-0.1, -0.05) is 22.7 Å². The molecule has 0 bridgehead atoms. The lowest BCUT2D eigenvalue weighted by molar-refractivity contribution is 0.211. The van der Waals surface area contributed by atoms with Crippen molar-refractivity contribution in [2.45, 2.75) is 6.92 Å². The highest BCUT2D eigenvalue weighted by Crippen LogP contribution is 2.11. The van der Waals surface area contributed by atoms with Gasteiger partial charge in [-0.2, -0.15) is 0 Å². The molecule has 0 saturated carbocycles. The molecule has 1 aromatic rings. The van der Waals surface area contributed by atoms with Gasteiger partial charge in [0.2, 0.25) is 6.08 Å². The highest BCUT2D eigenvalue weighted by Gasteiger charge is 2.00. The number of carbonyl (C=O) groups is 1. The van der Waals surface area contributed by atoms with Crippen LogP contribution in [0.1, 0.15) is 5.56 Å². The van der Waals surface area contributed by atoms with E-state index >= 15 is 0 Å². The molecule has 0 atom stereocenters. The van der Waals surface area contributed by atoms with Gasteiger partial charge in [0.25, 0.3) is 0 Å². The fraction of sp³-hybridized carbons (Fsp3) is 0.111. The molecular formula is C9H7NO3. The fourth-order valence-electron chi connectivity index (χ4n) is 0.767. The number of nitrogens with zero attached hydrogens (tertiary/aromatic N) is 1. The van der Waals surface area contributed by atoms with E-state index in [0.29, 0.717) is 5.75 Å². The zero-order valence-corrected chi connectivity index (χ0v) is 6.98. The standard InChI is InChI=1S/C9H7NO3/c1-7-2-4-8(5-3-7)13-9(12)10-6-11/h2-5H,1H3. The number of carbonyl (C=O) groups excluding carboxylic acids is 2. The number of aliphatic imine (C=N–C) groups is 1. The number of hydrogen-bond donors (Lipinski definition) is 0. The molecule has 13 heavy (non-hydrogen) atoms. The summed E-state index contributed by atoms with van der Waals surface area (Å²) >= 11 is 0. The minimum atomic E-state index is -0.959. The molecule has 4 heteroatoms. The predicted octanol–water partition coefficient (Wildman–Crippen LogP) is 1.83. The molecule has 0 N–H and O–H groups in total. The summed E-state index contributed by atoms with van der Waals surface area (Å²) in [5.74, 6) is 0.356. The maximum atomic E-state index is 10.6. The largest absolute Gasteiger partial charge is 0.450 e. The topological polar surface area (TPSA) is 55.7 Å². The zero-order chi connectivity index (χ0) is 9.68. The maximum absolute atomic E-state index is 10.6. The van der Waals surface area contributed by atoms with E-state index in [4.69, 9.17) is 0 Å². The molecular weight excluding hydrogens is 170 g/mol. The minimum Gasteiger partial charge on any atom is -0.408 e. The molecule has 0 aliphatic heterocycles. The number of benzene rings is 1. The first-order chi connectivity index (χ1) is 6.22. The van der Waals surface area contributed by atoms with Crippen LogP contribution in [0.3, 0.4) is 0 Å². The highest BCUT2D eigenvalue weighted by atomic mass is 16.5. The van der Waals surface area contributed by atoms with Crippen molar-refractivity contribution >= 4 is 12.2 Å². The van der Waals surface area contributed by atoms with E-state index in [1.165, 1.54) is 0 Å². The van der Waals surface area contributed by atoms with Gasteiger partial charge in [-0.05, 0) is 19.1 Å². The summed E-state index contributed by atoms with van der Waals surface area (Å²) in [7, 11) is 0. The van der Waals surface area contributed by atoms with Crippen LogP contribution < -0.4 is 4.74 Å². The van der Waals surface area contributed by atoms with Gasteiger partial charge < -0.3 is 4.74 Å². The van der Waals surface area contributed by atoms with Gasteiger partial charge in [-0.25, -0.2) is 9.59 Å². The summed E-state index contributed by atoms with van der Waals surface area (Å²) in [6, 6.07) is 6.81. The van der Waals surface area contributed by atoms with E-state index in [0.717, 1.165) is 11.6 Å². The molecule has 0 saturated heterocycles. The molecule has 0 fully saturated rings. The van der Waals surface area contributed by atoms with Crippen molar-refractivity contribution in [3.05, 3.63) is 29.8 Å². The Labute approximate surface area is 74.9 Å². The van der Waals surface area contributed by atoms with Crippen LogP contribution >= 0.6 is 0 Å². The molecule has 0 aromatic heterocycles. The molecule has 0 unspecified atom stereocenters. The summed E-state index contributed by atoms with van der Waals surface area (Å²) in [6.07, 6.45) is 0.140. The van der Waals surface area contributed by atoms with Crippen molar-refractivity contribution in [1.29, 1.82) is 0 Å². The number of rotatable bonds is 1. The third-order valence-electron chi connectivity index (χ3n) is 1.36. The van der Waals surface area contributed by atoms with E-state index in [1.807, 2.05) is 6.92 Å². The van der Waals surface area contributed by atoms with Gasteiger partial charge in [0.05, 0.1) is 0 Å². The Morgan fingerprint density at radius 3 is 2.54 bits per heavy atom. The van der Waals surface area contributed by atoms with Crippen molar-refractivity contribution in [1.82, 2.24) is 0 Å². The molecule has 4 nitrogen and oxygen atoms in total. The molecule has 66 valence electrons. The van der Waals surface area contributed by atoms with Crippen LogP contribution in [0.2, 0.25) is 0 Å². The minimum absolute atomic E-state index is 0.356. The fourth-order valence-corrected chi connectivity index (χ4v) is 0.767. The van der Waals surface area contributed by atoms with E-state index in [-0.39, 0.29) is 0 Å². The number of isocyanates is 1. The Bertz CT molecular complexity index is 350. The SMILES string of the molecule is Cc1ccc(OC(=O)N=C=O)cc1. The first-order valence-corrected chi connectivity index (χ1v) is 3.59. The van der Waals surface area contributed by atoms with Crippen LogP contribution in [0.4, 0.5) is 4.79 Å². The smallest absolute Gasteiger partial charge is 0.408 e. The van der Waals surface area contributed by atoms with Gasteiger partial charge in [-0.15, -0.1) is 0 Å². The van der Waals surface area contributed by atoms with Gasteiger partial charge >= 0.3 is 6.09 Å². The zero-order valence-electron chi connectivity index (χ0n) is 6.98. The van der Waals surface area contributed by atoms with E-state index in [9.17, 15) is 9.59 Å². The van der Waals surface area contributed by atoms with E-state index < -0.39 is 6.09 Å². The summed E-state index contributed by atoms with van der Waals surface area (Å²) in [6.45, 7) is 1.91. The molecule has 0 aliphatic rings. The lowest BCUT2D eigenvalue weighted by Crippen LogP contribution is -2.00. The third kappa shape index (κ3) is 2.89. The summed E-state index contributed by atoms with van der Waals surface area (Å²) in [4.78, 5) is 23.1. The van der Waals surface area contributed by atoms with Crippen molar-refractivity contribution in [3.8, 4) is 5.75 Å². The molecule has 0 radical (unpaired) electrons. The molecule has 1 aromatic carbocycles. The van der Waals surface area contributed by atoms with E-state index in [2.05, 4.69) is 9.73 Å². The van der Waals surface area contributed by atoms with Crippen LogP contribution in [0.5, 0.6) is 5.75 Å². The lowest BCUT2D eigenvalue weighted by atomic mass is 10.2. The van der Waals surface area contributed by atoms with Crippen molar-refractivity contribution in [2.24, 2.45) is 4.99 Å². The third-order valence-corrected chi connectivity index (χ3v) is 1.36. The Hall–Kier alpha value is -1.93. The second kappa shape index (κ2) is 4.18. The Morgan fingerprint density at radius 2 is 2.00 bits per heavy atom. The summed E-state index contributed by atoms with van der Waals surface area (Å²) in [5, 5.41) is 0. The van der Waals surface area contributed by atoms with Gasteiger partial charge in [-0.3, -0.25) is 0 Å². The van der Waals surface area contributed by atoms with Crippen molar-refractivity contribution in [3.63, 3.8) is 0 Å². The van der Waals surface area contributed by atoms with Crippen molar-refractivity contribution < 1.29 is 14.3 Å². The van der Waals surface area contributed by atoms with Crippen LogP contribution in [-0.4, -0.2) is 12.2 Å². The van der Waals surface area contributed by atoms with Crippen LogP contribution in [0.25, 0.3) is 0 Å². The molecule has 0 heterocycles. The van der Waals surface area contributed by atoms with Gasteiger partial charge in [0, 0.05) is 0 Å². The average Bonchev–Trinajstić information content (AvgIpc) is 2.09. The van der Waals surface area contributed by atoms with Gasteiger partial charge in [0.1, 0.15) is 5.75 Å². The molecule has 1 rings (SSSR count). The highest BCUT2D eigenvalue weighted by molar-refractivity contribution is 5.76. The Morgan fingerprint density at radius 1 is 1.38 bits per heavy atom. The molecule has 0 spiro atoms. The first-order valence-electron chi connectivity index (χ1n) is 3.59. The second-order valence-corrected chi connectivity index (χ2v) is 2.38. The Balaban J connectivity index is 2.69. The second-order valence-electron chi connectivity index (χ2n) is 2.38. The lowest BCUT2D eigenvalue weighted by Gasteiger charge is -1.98. The number of hydrogen-bond acceptors (Lipinski definition) is 3. The van der Waals surface area contributed by atoms with Crippen molar-refractivity contribution in [2.75, 3.05) is 0 Å². The number of ether oxygens (including phenoxy) is 1. The predicted molar refractivity (Wildman–Crippen MR) is 45.3 cm³/mol. The molecule has 1 amide bonds. The maximum Gasteiger partial charge on any atom is 0.450 e. The number of amides is 1. The van der Waals surface area contributed by atoms with Gasteiger partial charge in [0.15, 0.2) is 0 Å². The number of aryl methyl sites for hydroxylation is 1. The van der Waals surface area contributed by atoms with Crippen LogP contribution in [-0.2, 0) is 4.79 Å². The Kier molecular flexibility index (Phi) is 2.95. The quantitative estimate of drug-likeness (QED) is 0.485. The first kappa shape index (κ1) is 9.16. The molecule has 0 aliphatic carbocycles. The van der Waals surface area contributed by atoms with Crippen LogP contribution in [0.15, 0.2) is 29.3 Å². The van der Waals surface area contributed by atoms with E-state index in [1.54, 1.807) is 24.3 Å². The summed E-state index contributed by atoms with van der Waals surface area (Å²) in [5.41, 5.74) is 1.05. The summed E-state index contributed by atoms with van der Waals surface area (Å²) < 4.78 is 4.64. The monoisotopic (exact) mass is 177 g/mol. The normalized spacial score (nSPS) is 8.69. The van der Waals surface area contributed by atoms with Crippen LogP contribution in [0, 0.1) is 6.92 Å². The average molecular weight is 177 g/mol.